The Kier molecular flexibility index (Phi) is 3.64. The Morgan fingerprint density at radius 1 is 1.37 bits per heavy atom. The summed E-state index contributed by atoms with van der Waals surface area (Å²) >= 11 is 0. The van der Waals surface area contributed by atoms with Gasteiger partial charge in [-0.1, -0.05) is 0 Å². The summed E-state index contributed by atoms with van der Waals surface area (Å²) in [7, 11) is 0. The summed E-state index contributed by atoms with van der Waals surface area (Å²) in [6.07, 6.45) is 2.37. The first-order valence-electron chi connectivity index (χ1n) is 6.19. The molecule has 2 heterocycles. The van der Waals surface area contributed by atoms with Gasteiger partial charge in [-0.3, -0.25) is 4.79 Å². The molecular weight excluding hydrogens is 242 g/mol. The van der Waals surface area contributed by atoms with Crippen LogP contribution in [-0.4, -0.2) is 25.8 Å². The summed E-state index contributed by atoms with van der Waals surface area (Å²) in [4.78, 5) is 15.0. The van der Waals surface area contributed by atoms with Crippen molar-refractivity contribution < 1.29 is 9.90 Å². The van der Waals surface area contributed by atoms with Gasteiger partial charge in [0.05, 0.1) is 5.69 Å². The molecule has 0 aliphatic rings. The van der Waals surface area contributed by atoms with Crippen molar-refractivity contribution >= 4 is 5.97 Å². The van der Waals surface area contributed by atoms with Crippen LogP contribution in [-0.2, 0) is 11.2 Å². The number of aromatic nitrogens is 3. The van der Waals surface area contributed by atoms with Gasteiger partial charge in [0.2, 0.25) is 0 Å². The highest BCUT2D eigenvalue weighted by Gasteiger charge is 2.14. The molecule has 0 bridgehead atoms. The van der Waals surface area contributed by atoms with Crippen LogP contribution in [0.1, 0.15) is 28.9 Å². The van der Waals surface area contributed by atoms with E-state index in [1.165, 1.54) is 0 Å². The van der Waals surface area contributed by atoms with Gasteiger partial charge >= 0.3 is 5.97 Å². The zero-order chi connectivity index (χ0) is 14.0. The van der Waals surface area contributed by atoms with Crippen molar-refractivity contribution in [3.63, 3.8) is 0 Å². The third kappa shape index (κ3) is 2.81. The number of pyridine rings is 1. The Hall–Kier alpha value is -2.17. The minimum Gasteiger partial charge on any atom is -0.481 e. The number of rotatable bonds is 4. The van der Waals surface area contributed by atoms with Gasteiger partial charge in [-0.25, -0.2) is 9.67 Å². The molecule has 0 aliphatic carbocycles. The van der Waals surface area contributed by atoms with Crippen LogP contribution >= 0.6 is 0 Å². The lowest BCUT2D eigenvalue weighted by molar-refractivity contribution is -0.136. The first kappa shape index (κ1) is 13.3. The van der Waals surface area contributed by atoms with Gasteiger partial charge in [0.25, 0.3) is 0 Å². The van der Waals surface area contributed by atoms with Crippen molar-refractivity contribution in [3.8, 4) is 5.82 Å². The van der Waals surface area contributed by atoms with E-state index in [4.69, 9.17) is 5.11 Å². The molecule has 2 aromatic heterocycles. The second kappa shape index (κ2) is 5.22. The van der Waals surface area contributed by atoms with E-state index in [-0.39, 0.29) is 6.42 Å². The topological polar surface area (TPSA) is 68.0 Å². The largest absolute Gasteiger partial charge is 0.481 e. The van der Waals surface area contributed by atoms with E-state index in [2.05, 4.69) is 10.1 Å². The van der Waals surface area contributed by atoms with Gasteiger partial charge in [0, 0.05) is 18.3 Å². The quantitative estimate of drug-likeness (QED) is 0.914. The summed E-state index contributed by atoms with van der Waals surface area (Å²) in [5, 5.41) is 13.2. The third-order valence-corrected chi connectivity index (χ3v) is 3.15. The minimum absolute atomic E-state index is 0.120. The summed E-state index contributed by atoms with van der Waals surface area (Å²) in [6, 6.07) is 3.89. The number of aliphatic carboxylic acids is 1. The number of aryl methyl sites for hydroxylation is 2. The molecule has 0 aromatic carbocycles. The van der Waals surface area contributed by atoms with Crippen molar-refractivity contribution in [2.24, 2.45) is 0 Å². The average Bonchev–Trinajstić information content (AvgIpc) is 2.62. The van der Waals surface area contributed by atoms with Crippen LogP contribution in [0.3, 0.4) is 0 Å². The maximum absolute atomic E-state index is 10.7. The van der Waals surface area contributed by atoms with Crippen molar-refractivity contribution in [2.45, 2.75) is 33.6 Å². The van der Waals surface area contributed by atoms with Crippen LogP contribution in [0.25, 0.3) is 5.82 Å². The van der Waals surface area contributed by atoms with Gasteiger partial charge < -0.3 is 5.11 Å². The summed E-state index contributed by atoms with van der Waals surface area (Å²) in [5.74, 6) is -0.0256. The zero-order valence-electron chi connectivity index (χ0n) is 11.3. The van der Waals surface area contributed by atoms with Gasteiger partial charge in [-0.2, -0.15) is 5.10 Å². The predicted molar refractivity (Wildman–Crippen MR) is 71.5 cm³/mol. The second-order valence-electron chi connectivity index (χ2n) is 4.65. The summed E-state index contributed by atoms with van der Waals surface area (Å²) in [6.45, 7) is 5.85. The first-order chi connectivity index (χ1) is 8.99. The van der Waals surface area contributed by atoms with Crippen molar-refractivity contribution in [3.05, 3.63) is 40.8 Å². The molecule has 0 aliphatic heterocycles. The summed E-state index contributed by atoms with van der Waals surface area (Å²) in [5.41, 5.74) is 3.93. The second-order valence-corrected chi connectivity index (χ2v) is 4.65. The van der Waals surface area contributed by atoms with Crippen molar-refractivity contribution in [2.75, 3.05) is 0 Å². The monoisotopic (exact) mass is 259 g/mol. The fourth-order valence-electron chi connectivity index (χ4n) is 2.13. The smallest absolute Gasteiger partial charge is 0.303 e. The van der Waals surface area contributed by atoms with Crippen LogP contribution in [0.2, 0.25) is 0 Å². The Labute approximate surface area is 111 Å². The number of hydrogen-bond acceptors (Lipinski definition) is 3. The summed E-state index contributed by atoms with van der Waals surface area (Å²) < 4.78 is 1.78. The third-order valence-electron chi connectivity index (χ3n) is 3.15. The number of carboxylic acids is 1. The Morgan fingerprint density at radius 2 is 2.11 bits per heavy atom. The van der Waals surface area contributed by atoms with E-state index in [1.54, 1.807) is 10.9 Å². The average molecular weight is 259 g/mol. The van der Waals surface area contributed by atoms with Crippen LogP contribution in [0.15, 0.2) is 18.3 Å². The lowest BCUT2D eigenvalue weighted by atomic mass is 10.1. The van der Waals surface area contributed by atoms with Gasteiger partial charge in [-0.05, 0) is 50.5 Å². The number of hydrogen-bond donors (Lipinski definition) is 1. The zero-order valence-corrected chi connectivity index (χ0v) is 11.3. The van der Waals surface area contributed by atoms with Crippen LogP contribution in [0, 0.1) is 20.8 Å². The molecule has 0 atom stereocenters. The molecule has 0 radical (unpaired) electrons. The van der Waals surface area contributed by atoms with Crippen LogP contribution < -0.4 is 0 Å². The van der Waals surface area contributed by atoms with Gasteiger partial charge in [0.1, 0.15) is 0 Å². The van der Waals surface area contributed by atoms with Crippen LogP contribution in [0.4, 0.5) is 0 Å². The maximum atomic E-state index is 10.7. The molecule has 0 saturated heterocycles. The van der Waals surface area contributed by atoms with E-state index < -0.39 is 5.97 Å². The van der Waals surface area contributed by atoms with E-state index in [1.807, 2.05) is 32.9 Å². The minimum atomic E-state index is -0.791. The Morgan fingerprint density at radius 3 is 2.74 bits per heavy atom. The van der Waals surface area contributed by atoms with Gasteiger partial charge in [0.15, 0.2) is 5.82 Å². The predicted octanol–water partition coefficient (Wildman–Crippen LogP) is 2.21. The molecule has 5 nitrogen and oxygen atoms in total. The SMILES string of the molecule is Cc1ccnc(-n2nc(C)c(CCC(=O)O)c2C)c1. The van der Waals surface area contributed by atoms with E-state index in [9.17, 15) is 4.79 Å². The first-order valence-corrected chi connectivity index (χ1v) is 6.19. The molecule has 100 valence electrons. The molecule has 0 saturated carbocycles. The molecule has 0 fully saturated rings. The lowest BCUT2D eigenvalue weighted by Crippen LogP contribution is -2.03. The number of carboxylic acid groups (broad SMARTS) is 1. The Bertz CT molecular complexity index is 617. The molecule has 19 heavy (non-hydrogen) atoms. The molecular formula is C14H17N3O2. The van der Waals surface area contributed by atoms with Gasteiger partial charge in [-0.15, -0.1) is 0 Å². The number of nitrogens with zero attached hydrogens (tertiary/aromatic N) is 3. The molecule has 2 rings (SSSR count). The van der Waals surface area contributed by atoms with Crippen molar-refractivity contribution in [1.82, 2.24) is 14.8 Å². The van der Waals surface area contributed by atoms with Crippen LogP contribution in [0.5, 0.6) is 0 Å². The van der Waals surface area contributed by atoms with E-state index in [0.29, 0.717) is 6.42 Å². The standard InChI is InChI=1S/C14H17N3O2/c1-9-6-7-15-13(8-9)17-11(3)12(10(2)16-17)4-5-14(18)19/h6-8H,4-5H2,1-3H3,(H,18,19). The lowest BCUT2D eigenvalue weighted by Gasteiger charge is -2.04. The maximum Gasteiger partial charge on any atom is 0.303 e. The molecule has 1 N–H and O–H groups in total. The fraction of sp³-hybridized carbons (Fsp3) is 0.357. The normalized spacial score (nSPS) is 10.7. The highest BCUT2D eigenvalue weighted by atomic mass is 16.4. The molecule has 2 aromatic rings. The Balaban J connectivity index is 2.38. The molecule has 0 amide bonds. The molecule has 0 unspecified atom stereocenters. The highest BCUT2D eigenvalue weighted by Crippen LogP contribution is 2.18. The number of carbonyl (C=O) groups is 1. The fourth-order valence-corrected chi connectivity index (χ4v) is 2.13. The molecule has 5 heteroatoms. The van der Waals surface area contributed by atoms with Crippen molar-refractivity contribution in [1.29, 1.82) is 0 Å². The molecule has 0 spiro atoms. The van der Waals surface area contributed by atoms with E-state index in [0.717, 1.165) is 28.3 Å². The highest BCUT2D eigenvalue weighted by molar-refractivity contribution is 5.67. The van der Waals surface area contributed by atoms with E-state index >= 15 is 0 Å².